The normalized spacial score (nSPS) is 16.3. The van der Waals surface area contributed by atoms with E-state index in [0.717, 1.165) is 5.69 Å². The van der Waals surface area contributed by atoms with Gasteiger partial charge in [0.15, 0.2) is 0 Å². The number of nitrogens with one attached hydrogen (secondary N) is 1. The molecule has 1 heterocycles. The van der Waals surface area contributed by atoms with Gasteiger partial charge in [-0.05, 0) is 12.1 Å². The molecule has 23 heavy (non-hydrogen) atoms. The summed E-state index contributed by atoms with van der Waals surface area (Å²) in [6.07, 6.45) is 0.206. The van der Waals surface area contributed by atoms with E-state index in [9.17, 15) is 13.2 Å². The number of benzene rings is 1. The van der Waals surface area contributed by atoms with Gasteiger partial charge in [0.2, 0.25) is 15.9 Å². The van der Waals surface area contributed by atoms with Crippen LogP contribution < -0.4 is 10.2 Å². The van der Waals surface area contributed by atoms with Crippen LogP contribution in [0.25, 0.3) is 0 Å². The number of sulfonamides is 1. The van der Waals surface area contributed by atoms with Crippen molar-refractivity contribution in [1.29, 1.82) is 0 Å². The van der Waals surface area contributed by atoms with E-state index in [1.165, 1.54) is 4.31 Å². The lowest BCUT2D eigenvalue weighted by Gasteiger charge is -2.35. The zero-order valence-corrected chi connectivity index (χ0v) is 14.5. The SMILES string of the molecule is O=C(CCCl)NCCS(=O)(=O)N1CCN(c2ccccc2)CC1. The molecule has 1 N–H and O–H groups in total. The molecule has 6 nitrogen and oxygen atoms in total. The smallest absolute Gasteiger partial charge is 0.221 e. The van der Waals surface area contributed by atoms with Crippen LogP contribution in [-0.4, -0.2) is 63.0 Å². The Kier molecular flexibility index (Phi) is 6.68. The molecule has 8 heteroatoms. The Hall–Kier alpha value is -1.31. The van der Waals surface area contributed by atoms with E-state index in [4.69, 9.17) is 11.6 Å². The molecule has 1 aliphatic rings. The first-order chi connectivity index (χ1) is 11.0. The van der Waals surface area contributed by atoms with Crippen LogP contribution in [0.5, 0.6) is 0 Å². The number of carbonyl (C=O) groups excluding carboxylic acids is 1. The van der Waals surface area contributed by atoms with Gasteiger partial charge in [-0.25, -0.2) is 8.42 Å². The van der Waals surface area contributed by atoms with Crippen molar-refractivity contribution in [1.82, 2.24) is 9.62 Å². The molecule has 1 fully saturated rings. The maximum absolute atomic E-state index is 12.3. The predicted molar refractivity (Wildman–Crippen MR) is 92.4 cm³/mol. The van der Waals surface area contributed by atoms with Gasteiger partial charge in [-0.2, -0.15) is 4.31 Å². The van der Waals surface area contributed by atoms with E-state index in [1.54, 1.807) is 0 Å². The average molecular weight is 360 g/mol. The predicted octanol–water partition coefficient (Wildman–Crippen LogP) is 0.884. The molecule has 1 aromatic carbocycles. The largest absolute Gasteiger partial charge is 0.369 e. The molecule has 0 saturated carbocycles. The monoisotopic (exact) mass is 359 g/mol. The second-order valence-electron chi connectivity index (χ2n) is 5.33. The molecule has 0 radical (unpaired) electrons. The van der Waals surface area contributed by atoms with Gasteiger partial charge in [0.1, 0.15) is 0 Å². The summed E-state index contributed by atoms with van der Waals surface area (Å²) < 4.78 is 26.1. The van der Waals surface area contributed by atoms with Crippen molar-refractivity contribution in [3.05, 3.63) is 30.3 Å². The molecular formula is C15H22ClN3O3S. The minimum Gasteiger partial charge on any atom is -0.369 e. The fourth-order valence-corrected chi connectivity index (χ4v) is 4.00. The van der Waals surface area contributed by atoms with E-state index in [-0.39, 0.29) is 30.5 Å². The minimum absolute atomic E-state index is 0.0770. The number of hydrogen-bond donors (Lipinski definition) is 1. The van der Waals surface area contributed by atoms with Crippen molar-refractivity contribution >= 4 is 33.2 Å². The molecule has 1 aliphatic heterocycles. The molecule has 0 unspecified atom stereocenters. The molecule has 1 amide bonds. The van der Waals surface area contributed by atoms with Crippen molar-refractivity contribution in [2.45, 2.75) is 6.42 Å². The van der Waals surface area contributed by atoms with Gasteiger partial charge in [0.05, 0.1) is 5.75 Å². The minimum atomic E-state index is -3.34. The number of anilines is 1. The van der Waals surface area contributed by atoms with Crippen molar-refractivity contribution < 1.29 is 13.2 Å². The van der Waals surface area contributed by atoms with Crippen molar-refractivity contribution in [3.8, 4) is 0 Å². The Labute approximate surface area is 142 Å². The molecule has 0 bridgehead atoms. The topological polar surface area (TPSA) is 69.7 Å². The van der Waals surface area contributed by atoms with E-state index >= 15 is 0 Å². The summed E-state index contributed by atoms with van der Waals surface area (Å²) in [7, 11) is -3.34. The maximum Gasteiger partial charge on any atom is 0.221 e. The second kappa shape index (κ2) is 8.52. The lowest BCUT2D eigenvalue weighted by molar-refractivity contribution is -0.120. The number of amides is 1. The summed E-state index contributed by atoms with van der Waals surface area (Å²) in [4.78, 5) is 13.5. The van der Waals surface area contributed by atoms with E-state index < -0.39 is 10.0 Å². The first kappa shape index (κ1) is 18.0. The standard InChI is InChI=1S/C15H22ClN3O3S/c16-7-6-15(20)17-8-13-23(21,22)19-11-9-18(10-12-19)14-4-2-1-3-5-14/h1-5H,6-13H2,(H,17,20). The maximum atomic E-state index is 12.3. The summed E-state index contributed by atoms with van der Waals surface area (Å²) >= 11 is 5.46. The number of alkyl halides is 1. The molecule has 0 atom stereocenters. The fraction of sp³-hybridized carbons (Fsp3) is 0.533. The molecule has 1 saturated heterocycles. The van der Waals surface area contributed by atoms with Gasteiger partial charge >= 0.3 is 0 Å². The van der Waals surface area contributed by atoms with Gasteiger partial charge in [-0.3, -0.25) is 4.79 Å². The number of para-hydroxylation sites is 1. The molecule has 0 aromatic heterocycles. The summed E-state index contributed by atoms with van der Waals surface area (Å²) in [5.74, 6) is -0.0593. The van der Waals surface area contributed by atoms with Gasteiger partial charge in [-0.1, -0.05) is 18.2 Å². The number of carbonyl (C=O) groups is 1. The van der Waals surface area contributed by atoms with Crippen LogP contribution in [0, 0.1) is 0 Å². The van der Waals surface area contributed by atoms with Crippen LogP contribution in [0.15, 0.2) is 30.3 Å². The second-order valence-corrected chi connectivity index (χ2v) is 7.79. The third-order valence-electron chi connectivity index (χ3n) is 3.76. The van der Waals surface area contributed by atoms with Crippen molar-refractivity contribution in [2.24, 2.45) is 0 Å². The first-order valence-corrected chi connectivity index (χ1v) is 9.78. The summed E-state index contributed by atoms with van der Waals surface area (Å²) in [5, 5.41) is 2.57. The molecule has 1 aromatic rings. The van der Waals surface area contributed by atoms with Crippen LogP contribution in [0.4, 0.5) is 5.69 Å². The third-order valence-corrected chi connectivity index (χ3v) is 5.82. The van der Waals surface area contributed by atoms with Gasteiger partial charge in [0.25, 0.3) is 0 Å². The summed E-state index contributed by atoms with van der Waals surface area (Å²) in [6, 6.07) is 9.96. The summed E-state index contributed by atoms with van der Waals surface area (Å²) in [5.41, 5.74) is 1.11. The highest BCUT2D eigenvalue weighted by molar-refractivity contribution is 7.89. The van der Waals surface area contributed by atoms with E-state index in [1.807, 2.05) is 30.3 Å². The molecular weight excluding hydrogens is 338 g/mol. The van der Waals surface area contributed by atoms with Crippen LogP contribution in [-0.2, 0) is 14.8 Å². The zero-order chi connectivity index (χ0) is 16.7. The zero-order valence-electron chi connectivity index (χ0n) is 12.9. The average Bonchev–Trinajstić information content (AvgIpc) is 2.56. The third kappa shape index (κ3) is 5.37. The number of rotatable bonds is 7. The van der Waals surface area contributed by atoms with Crippen LogP contribution in [0.3, 0.4) is 0 Å². The lowest BCUT2D eigenvalue weighted by Crippen LogP contribution is -2.50. The Morgan fingerprint density at radius 1 is 1.13 bits per heavy atom. The Morgan fingerprint density at radius 2 is 1.78 bits per heavy atom. The van der Waals surface area contributed by atoms with E-state index in [2.05, 4.69) is 10.2 Å². The van der Waals surface area contributed by atoms with Crippen LogP contribution >= 0.6 is 11.6 Å². The van der Waals surface area contributed by atoms with Gasteiger partial charge in [-0.15, -0.1) is 11.6 Å². The highest BCUT2D eigenvalue weighted by Gasteiger charge is 2.26. The fourth-order valence-electron chi connectivity index (χ4n) is 2.49. The highest BCUT2D eigenvalue weighted by Crippen LogP contribution is 2.17. The first-order valence-electron chi connectivity index (χ1n) is 7.63. The number of nitrogens with zero attached hydrogens (tertiary/aromatic N) is 2. The number of halogens is 1. The Morgan fingerprint density at radius 3 is 2.39 bits per heavy atom. The van der Waals surface area contributed by atoms with Gasteiger partial charge in [0, 0.05) is 50.7 Å². The van der Waals surface area contributed by atoms with E-state index in [0.29, 0.717) is 26.2 Å². The number of hydrogen-bond acceptors (Lipinski definition) is 4. The molecule has 0 spiro atoms. The number of piperazine rings is 1. The lowest BCUT2D eigenvalue weighted by atomic mass is 10.2. The Balaban J connectivity index is 1.80. The molecule has 128 valence electrons. The highest BCUT2D eigenvalue weighted by atomic mass is 35.5. The van der Waals surface area contributed by atoms with Crippen molar-refractivity contribution in [2.75, 3.05) is 49.3 Å². The molecule has 2 rings (SSSR count). The van der Waals surface area contributed by atoms with Crippen LogP contribution in [0.1, 0.15) is 6.42 Å². The van der Waals surface area contributed by atoms with Crippen molar-refractivity contribution in [3.63, 3.8) is 0 Å². The Bertz CT molecular complexity index is 602. The summed E-state index contributed by atoms with van der Waals surface area (Å²) in [6.45, 7) is 2.39. The van der Waals surface area contributed by atoms with Gasteiger partial charge < -0.3 is 10.2 Å². The van der Waals surface area contributed by atoms with Crippen LogP contribution in [0.2, 0.25) is 0 Å². The molecule has 0 aliphatic carbocycles. The quantitative estimate of drug-likeness (QED) is 0.734.